The molecule has 0 saturated carbocycles. The summed E-state index contributed by atoms with van der Waals surface area (Å²) in [6, 6.07) is 5.72. The molecule has 0 radical (unpaired) electrons. The molecule has 1 aromatic rings. The van der Waals surface area contributed by atoms with Crippen molar-refractivity contribution >= 4 is 5.91 Å². The number of hydrogen-bond acceptors (Lipinski definition) is 3. The Balaban J connectivity index is 1.90. The first-order valence-corrected chi connectivity index (χ1v) is 4.66. The quantitative estimate of drug-likeness (QED) is 0.738. The Hall–Kier alpha value is -1.80. The molecular formula is C10H11N3O2. The van der Waals surface area contributed by atoms with Gasteiger partial charge >= 0.3 is 0 Å². The van der Waals surface area contributed by atoms with Crippen molar-refractivity contribution in [1.29, 1.82) is 5.26 Å². The van der Waals surface area contributed by atoms with Crippen LogP contribution in [0.4, 0.5) is 0 Å². The number of carbonyl (C=O) groups is 1. The number of nitriles is 1. The summed E-state index contributed by atoms with van der Waals surface area (Å²) in [5.41, 5.74) is -0.0521. The van der Waals surface area contributed by atoms with Gasteiger partial charge < -0.3 is 15.0 Å². The molecular weight excluding hydrogens is 194 g/mol. The number of rotatable bonds is 3. The normalized spacial score (nSPS) is 17.5. The van der Waals surface area contributed by atoms with Crippen LogP contribution in [0.1, 0.15) is 5.69 Å². The van der Waals surface area contributed by atoms with E-state index in [9.17, 15) is 4.79 Å². The second-order valence-corrected chi connectivity index (χ2v) is 3.56. The summed E-state index contributed by atoms with van der Waals surface area (Å²) < 4.78 is 4.90. The number of H-pyrrole nitrogens is 1. The van der Waals surface area contributed by atoms with Crippen molar-refractivity contribution in [3.63, 3.8) is 0 Å². The Morgan fingerprint density at radius 1 is 1.73 bits per heavy atom. The third-order valence-electron chi connectivity index (χ3n) is 2.45. The number of aromatic nitrogens is 1. The van der Waals surface area contributed by atoms with Crippen molar-refractivity contribution in [2.24, 2.45) is 5.41 Å². The van der Waals surface area contributed by atoms with Gasteiger partial charge in [-0.25, -0.2) is 0 Å². The van der Waals surface area contributed by atoms with Crippen LogP contribution < -0.4 is 5.32 Å². The van der Waals surface area contributed by atoms with E-state index in [1.165, 1.54) is 0 Å². The van der Waals surface area contributed by atoms with Gasteiger partial charge in [-0.2, -0.15) is 5.26 Å². The summed E-state index contributed by atoms with van der Waals surface area (Å²) in [7, 11) is 0. The monoisotopic (exact) mass is 205 g/mol. The fraction of sp³-hybridized carbons (Fsp3) is 0.400. The van der Waals surface area contributed by atoms with Crippen LogP contribution >= 0.6 is 0 Å². The lowest BCUT2D eigenvalue weighted by molar-refractivity contribution is -0.150. The van der Waals surface area contributed by atoms with Gasteiger partial charge in [0.15, 0.2) is 5.41 Å². The molecule has 0 unspecified atom stereocenters. The van der Waals surface area contributed by atoms with Gasteiger partial charge in [-0.15, -0.1) is 0 Å². The predicted molar refractivity (Wildman–Crippen MR) is 51.5 cm³/mol. The molecule has 1 amide bonds. The molecule has 1 aromatic heterocycles. The molecule has 1 aliphatic rings. The first-order chi connectivity index (χ1) is 7.27. The average molecular weight is 205 g/mol. The topological polar surface area (TPSA) is 77.9 Å². The van der Waals surface area contributed by atoms with E-state index in [1.807, 2.05) is 18.2 Å². The minimum atomic E-state index is -0.966. The molecule has 2 heterocycles. The number of amides is 1. The summed E-state index contributed by atoms with van der Waals surface area (Å²) in [6.07, 6.45) is 1.79. The second-order valence-electron chi connectivity index (χ2n) is 3.56. The molecule has 5 heteroatoms. The van der Waals surface area contributed by atoms with Crippen LogP contribution in [0.5, 0.6) is 0 Å². The van der Waals surface area contributed by atoms with Crippen LogP contribution in [-0.2, 0) is 16.1 Å². The van der Waals surface area contributed by atoms with Gasteiger partial charge in [-0.05, 0) is 12.1 Å². The average Bonchev–Trinajstić information content (AvgIpc) is 2.66. The number of carbonyl (C=O) groups excluding carboxylic acids is 1. The SMILES string of the molecule is N#CC1(C(=O)NCc2ccc[nH]2)COC1. The Morgan fingerprint density at radius 3 is 3.00 bits per heavy atom. The molecule has 1 saturated heterocycles. The highest BCUT2D eigenvalue weighted by Crippen LogP contribution is 2.26. The van der Waals surface area contributed by atoms with Gasteiger partial charge in [0.05, 0.1) is 25.8 Å². The molecule has 1 aliphatic heterocycles. The van der Waals surface area contributed by atoms with Crippen molar-refractivity contribution in [3.8, 4) is 6.07 Å². The number of hydrogen-bond donors (Lipinski definition) is 2. The van der Waals surface area contributed by atoms with Gasteiger partial charge in [0.25, 0.3) is 0 Å². The van der Waals surface area contributed by atoms with Crippen LogP contribution in [-0.4, -0.2) is 24.1 Å². The highest BCUT2D eigenvalue weighted by Gasteiger charge is 2.46. The van der Waals surface area contributed by atoms with E-state index in [0.717, 1.165) is 5.69 Å². The molecule has 15 heavy (non-hydrogen) atoms. The summed E-state index contributed by atoms with van der Waals surface area (Å²) in [5, 5.41) is 11.6. The number of nitrogens with zero attached hydrogens (tertiary/aromatic N) is 1. The molecule has 0 aromatic carbocycles. The lowest BCUT2D eigenvalue weighted by atomic mass is 9.87. The Bertz CT molecular complexity index is 387. The van der Waals surface area contributed by atoms with Crippen molar-refractivity contribution < 1.29 is 9.53 Å². The minimum absolute atomic E-state index is 0.195. The van der Waals surface area contributed by atoms with Gasteiger partial charge in [0.1, 0.15) is 0 Å². The van der Waals surface area contributed by atoms with Gasteiger partial charge in [0.2, 0.25) is 5.91 Å². The number of nitrogens with one attached hydrogen (secondary N) is 2. The standard InChI is InChI=1S/C10H11N3O2/c11-5-10(6-15-7-10)9(14)13-4-8-2-1-3-12-8/h1-3,12H,4,6-7H2,(H,13,14). The van der Waals surface area contributed by atoms with Crippen molar-refractivity contribution in [3.05, 3.63) is 24.0 Å². The first kappa shape index (κ1) is 9.74. The maximum Gasteiger partial charge on any atom is 0.245 e. The highest BCUT2D eigenvalue weighted by atomic mass is 16.5. The lowest BCUT2D eigenvalue weighted by Crippen LogP contribution is -2.52. The summed E-state index contributed by atoms with van der Waals surface area (Å²) in [4.78, 5) is 14.6. The molecule has 5 nitrogen and oxygen atoms in total. The van der Waals surface area contributed by atoms with Crippen molar-refractivity contribution in [1.82, 2.24) is 10.3 Å². The summed E-state index contributed by atoms with van der Waals surface area (Å²) in [5.74, 6) is -0.258. The maximum absolute atomic E-state index is 11.6. The summed E-state index contributed by atoms with van der Waals surface area (Å²) >= 11 is 0. The smallest absolute Gasteiger partial charge is 0.245 e. The fourth-order valence-electron chi connectivity index (χ4n) is 1.37. The van der Waals surface area contributed by atoms with E-state index in [4.69, 9.17) is 10.00 Å². The maximum atomic E-state index is 11.6. The zero-order valence-corrected chi connectivity index (χ0v) is 8.12. The van der Waals surface area contributed by atoms with Crippen LogP contribution in [0.25, 0.3) is 0 Å². The van der Waals surface area contributed by atoms with Crippen molar-refractivity contribution in [2.45, 2.75) is 6.54 Å². The highest BCUT2D eigenvalue weighted by molar-refractivity contribution is 5.86. The van der Waals surface area contributed by atoms with E-state index < -0.39 is 5.41 Å². The first-order valence-electron chi connectivity index (χ1n) is 4.66. The van der Waals surface area contributed by atoms with Crippen LogP contribution in [0.15, 0.2) is 18.3 Å². The third-order valence-corrected chi connectivity index (χ3v) is 2.45. The predicted octanol–water partition coefficient (Wildman–Crippen LogP) is 0.171. The molecule has 0 atom stereocenters. The molecule has 0 spiro atoms. The molecule has 2 N–H and O–H groups in total. The molecule has 0 bridgehead atoms. The second kappa shape index (κ2) is 3.75. The minimum Gasteiger partial charge on any atom is -0.377 e. The third kappa shape index (κ3) is 1.72. The Labute approximate surface area is 87.0 Å². The van der Waals surface area contributed by atoms with E-state index in [1.54, 1.807) is 6.20 Å². The number of aromatic amines is 1. The molecule has 78 valence electrons. The number of ether oxygens (including phenoxy) is 1. The van der Waals surface area contributed by atoms with Crippen LogP contribution in [0, 0.1) is 16.7 Å². The molecule has 0 aliphatic carbocycles. The van der Waals surface area contributed by atoms with E-state index in [0.29, 0.717) is 6.54 Å². The zero-order chi connectivity index (χ0) is 10.7. The summed E-state index contributed by atoms with van der Waals surface area (Å²) in [6.45, 7) is 0.801. The van der Waals surface area contributed by atoms with E-state index in [2.05, 4.69) is 10.3 Å². The zero-order valence-electron chi connectivity index (χ0n) is 8.12. The van der Waals surface area contributed by atoms with Gasteiger partial charge in [-0.3, -0.25) is 4.79 Å². The van der Waals surface area contributed by atoms with Gasteiger partial charge in [-0.1, -0.05) is 0 Å². The van der Waals surface area contributed by atoms with E-state index in [-0.39, 0.29) is 19.1 Å². The van der Waals surface area contributed by atoms with Gasteiger partial charge in [0, 0.05) is 11.9 Å². The Morgan fingerprint density at radius 2 is 2.53 bits per heavy atom. The fourth-order valence-corrected chi connectivity index (χ4v) is 1.37. The lowest BCUT2D eigenvalue weighted by Gasteiger charge is -2.33. The van der Waals surface area contributed by atoms with Crippen molar-refractivity contribution in [2.75, 3.05) is 13.2 Å². The largest absolute Gasteiger partial charge is 0.377 e. The molecule has 1 fully saturated rings. The van der Waals surface area contributed by atoms with Crippen LogP contribution in [0.2, 0.25) is 0 Å². The van der Waals surface area contributed by atoms with E-state index >= 15 is 0 Å². The Kier molecular flexibility index (Phi) is 2.44. The van der Waals surface area contributed by atoms with Crippen LogP contribution in [0.3, 0.4) is 0 Å². The molecule has 2 rings (SSSR count).